The maximum atomic E-state index is 12.2. The quantitative estimate of drug-likeness (QED) is 0.360. The second kappa shape index (κ2) is 6.10. The molecule has 0 saturated carbocycles. The summed E-state index contributed by atoms with van der Waals surface area (Å²) in [7, 11) is -3.63. The van der Waals surface area contributed by atoms with E-state index in [9.17, 15) is 23.7 Å². The zero-order chi connectivity index (χ0) is 16.3. The number of hydrogen-bond donors (Lipinski definition) is 0. The standard InChI is InChI=1S/C14H14N2O5S/c1-2-22(20,21)14-10-13(16(18)19)7-6-11(14)9-12-5-3-4-8-15(12)17/h3-8,10H,2,9H2,1H3. The van der Waals surface area contributed by atoms with Crippen LogP contribution in [0.25, 0.3) is 0 Å². The number of sulfone groups is 1. The molecule has 0 fully saturated rings. The van der Waals surface area contributed by atoms with Crippen LogP contribution in [0.15, 0.2) is 47.5 Å². The molecule has 0 spiro atoms. The van der Waals surface area contributed by atoms with Crippen LogP contribution in [-0.4, -0.2) is 19.1 Å². The number of aromatic nitrogens is 1. The normalized spacial score (nSPS) is 11.3. The van der Waals surface area contributed by atoms with Gasteiger partial charge in [-0.25, -0.2) is 8.42 Å². The van der Waals surface area contributed by atoms with E-state index in [-0.39, 0.29) is 22.8 Å². The molecule has 0 unspecified atom stereocenters. The Bertz CT molecular complexity index is 818. The first-order valence-electron chi connectivity index (χ1n) is 6.52. The van der Waals surface area contributed by atoms with Gasteiger partial charge in [0, 0.05) is 24.3 Å². The van der Waals surface area contributed by atoms with E-state index >= 15 is 0 Å². The Morgan fingerprint density at radius 2 is 1.95 bits per heavy atom. The van der Waals surface area contributed by atoms with Crippen LogP contribution in [0, 0.1) is 15.3 Å². The zero-order valence-electron chi connectivity index (χ0n) is 11.8. The fourth-order valence-corrected chi connectivity index (χ4v) is 3.19. The van der Waals surface area contributed by atoms with Crippen molar-refractivity contribution in [1.29, 1.82) is 0 Å². The molecule has 0 radical (unpaired) electrons. The largest absolute Gasteiger partial charge is 0.618 e. The van der Waals surface area contributed by atoms with Crippen LogP contribution >= 0.6 is 0 Å². The van der Waals surface area contributed by atoms with Crippen molar-refractivity contribution < 1.29 is 18.1 Å². The molecule has 0 aliphatic rings. The van der Waals surface area contributed by atoms with E-state index in [1.165, 1.54) is 25.3 Å². The summed E-state index contributed by atoms with van der Waals surface area (Å²) in [6.45, 7) is 1.47. The molecule has 0 atom stereocenters. The van der Waals surface area contributed by atoms with E-state index in [1.54, 1.807) is 18.2 Å². The first-order chi connectivity index (χ1) is 10.3. The number of rotatable bonds is 5. The lowest BCUT2D eigenvalue weighted by Gasteiger charge is -2.09. The van der Waals surface area contributed by atoms with Gasteiger partial charge >= 0.3 is 0 Å². The lowest BCUT2D eigenvalue weighted by molar-refractivity contribution is -0.613. The molecule has 0 N–H and O–H groups in total. The highest BCUT2D eigenvalue weighted by atomic mass is 32.2. The molecule has 0 bridgehead atoms. The number of nitrogens with zero attached hydrogens (tertiary/aromatic N) is 2. The Morgan fingerprint density at radius 3 is 2.55 bits per heavy atom. The van der Waals surface area contributed by atoms with Crippen LogP contribution in [0.2, 0.25) is 0 Å². The Labute approximate surface area is 127 Å². The van der Waals surface area contributed by atoms with Crippen LogP contribution in [0.1, 0.15) is 18.2 Å². The van der Waals surface area contributed by atoms with Gasteiger partial charge in [-0.15, -0.1) is 0 Å². The predicted molar refractivity (Wildman–Crippen MR) is 79.0 cm³/mol. The number of benzene rings is 1. The van der Waals surface area contributed by atoms with Gasteiger partial charge in [-0.05, 0) is 5.56 Å². The molecule has 0 aliphatic heterocycles. The summed E-state index contributed by atoms with van der Waals surface area (Å²) in [6.07, 6.45) is 1.39. The monoisotopic (exact) mass is 322 g/mol. The smallest absolute Gasteiger partial charge is 0.270 e. The Balaban J connectivity index is 2.56. The molecule has 1 heterocycles. The van der Waals surface area contributed by atoms with Crippen molar-refractivity contribution in [3.8, 4) is 0 Å². The molecule has 0 amide bonds. The third kappa shape index (κ3) is 3.22. The molecule has 116 valence electrons. The van der Waals surface area contributed by atoms with Crippen LogP contribution < -0.4 is 4.73 Å². The number of nitro benzene ring substituents is 1. The summed E-state index contributed by atoms with van der Waals surface area (Å²) in [5.74, 6) is -0.173. The van der Waals surface area contributed by atoms with Crippen molar-refractivity contribution in [3.05, 3.63) is 69.2 Å². The number of pyridine rings is 1. The lowest BCUT2D eigenvalue weighted by atomic mass is 10.1. The van der Waals surface area contributed by atoms with Crippen LogP contribution in [0.3, 0.4) is 0 Å². The molecule has 22 heavy (non-hydrogen) atoms. The number of non-ortho nitro benzene ring substituents is 1. The van der Waals surface area contributed by atoms with Crippen molar-refractivity contribution in [3.63, 3.8) is 0 Å². The summed E-state index contributed by atoms with van der Waals surface area (Å²) in [4.78, 5) is 10.1. The first-order valence-corrected chi connectivity index (χ1v) is 8.17. The molecule has 1 aromatic heterocycles. The van der Waals surface area contributed by atoms with E-state index in [1.807, 2.05) is 0 Å². The minimum atomic E-state index is -3.63. The highest BCUT2D eigenvalue weighted by Gasteiger charge is 2.22. The van der Waals surface area contributed by atoms with E-state index in [0.717, 1.165) is 6.07 Å². The lowest BCUT2D eigenvalue weighted by Crippen LogP contribution is -2.31. The summed E-state index contributed by atoms with van der Waals surface area (Å²) in [5.41, 5.74) is 0.436. The number of hydrogen-bond acceptors (Lipinski definition) is 5. The van der Waals surface area contributed by atoms with Crippen molar-refractivity contribution in [2.45, 2.75) is 18.2 Å². The fraction of sp³-hybridized carbons (Fsp3) is 0.214. The maximum Gasteiger partial charge on any atom is 0.270 e. The molecule has 1 aromatic carbocycles. The van der Waals surface area contributed by atoms with Crippen molar-refractivity contribution in [2.75, 3.05) is 5.75 Å². The van der Waals surface area contributed by atoms with Crippen molar-refractivity contribution >= 4 is 15.5 Å². The molecule has 0 saturated heterocycles. The highest BCUT2D eigenvalue weighted by molar-refractivity contribution is 7.91. The minimum absolute atomic E-state index is 0.0803. The van der Waals surface area contributed by atoms with Crippen LogP contribution in [-0.2, 0) is 16.3 Å². The van der Waals surface area contributed by atoms with Gasteiger partial charge < -0.3 is 5.21 Å². The number of nitro groups is 1. The van der Waals surface area contributed by atoms with Gasteiger partial charge in [-0.2, -0.15) is 4.73 Å². The SMILES string of the molecule is CCS(=O)(=O)c1cc([N+](=O)[O-])ccc1Cc1cccc[n+]1[O-]. The Kier molecular flexibility index (Phi) is 4.41. The molecular weight excluding hydrogens is 308 g/mol. The van der Waals surface area contributed by atoms with Gasteiger partial charge in [-0.1, -0.05) is 19.1 Å². The molecule has 8 heteroatoms. The van der Waals surface area contributed by atoms with E-state index < -0.39 is 14.8 Å². The van der Waals surface area contributed by atoms with Crippen molar-refractivity contribution in [1.82, 2.24) is 0 Å². The topological polar surface area (TPSA) is 104 Å². The second-order valence-corrected chi connectivity index (χ2v) is 6.89. The van der Waals surface area contributed by atoms with Gasteiger partial charge in [0.15, 0.2) is 21.7 Å². The Morgan fingerprint density at radius 1 is 1.23 bits per heavy atom. The first kappa shape index (κ1) is 15.9. The summed E-state index contributed by atoms with van der Waals surface area (Å²) >= 11 is 0. The van der Waals surface area contributed by atoms with Gasteiger partial charge in [0.1, 0.15) is 0 Å². The third-order valence-electron chi connectivity index (χ3n) is 3.25. The predicted octanol–water partition coefficient (Wildman–Crippen LogP) is 1.61. The van der Waals surface area contributed by atoms with Gasteiger partial charge in [0.2, 0.25) is 0 Å². The molecule has 0 aliphatic carbocycles. The fourth-order valence-electron chi connectivity index (χ4n) is 2.04. The zero-order valence-corrected chi connectivity index (χ0v) is 12.6. The molecule has 2 rings (SSSR count). The summed E-state index contributed by atoms with van der Waals surface area (Å²) < 4.78 is 25.0. The summed E-state index contributed by atoms with van der Waals surface area (Å²) in [6, 6.07) is 8.48. The summed E-state index contributed by atoms with van der Waals surface area (Å²) in [5, 5.41) is 22.5. The second-order valence-electron chi connectivity index (χ2n) is 4.65. The van der Waals surface area contributed by atoms with Crippen LogP contribution in [0.5, 0.6) is 0 Å². The van der Waals surface area contributed by atoms with Gasteiger partial charge in [0.05, 0.1) is 22.0 Å². The molecule has 2 aromatic rings. The van der Waals surface area contributed by atoms with E-state index in [0.29, 0.717) is 16.0 Å². The van der Waals surface area contributed by atoms with Gasteiger partial charge in [0.25, 0.3) is 5.69 Å². The average molecular weight is 322 g/mol. The van der Waals surface area contributed by atoms with Gasteiger partial charge in [-0.3, -0.25) is 10.1 Å². The third-order valence-corrected chi connectivity index (χ3v) is 5.06. The van der Waals surface area contributed by atoms with E-state index in [2.05, 4.69) is 0 Å². The molecular formula is C14H14N2O5S. The van der Waals surface area contributed by atoms with Crippen molar-refractivity contribution in [2.24, 2.45) is 0 Å². The average Bonchev–Trinajstić information content (AvgIpc) is 2.49. The minimum Gasteiger partial charge on any atom is -0.618 e. The maximum absolute atomic E-state index is 12.2. The van der Waals surface area contributed by atoms with Crippen LogP contribution in [0.4, 0.5) is 5.69 Å². The Hall–Kier alpha value is -2.48. The van der Waals surface area contributed by atoms with E-state index in [4.69, 9.17) is 0 Å². The molecule has 7 nitrogen and oxygen atoms in total. The highest BCUT2D eigenvalue weighted by Crippen LogP contribution is 2.25.